The number of rotatable bonds is 8. The summed E-state index contributed by atoms with van der Waals surface area (Å²) in [4.78, 5) is 13.8. The number of nitrogens with one attached hydrogen (secondary N) is 2. The highest BCUT2D eigenvalue weighted by atomic mass is 127. The molecule has 27 heavy (non-hydrogen) atoms. The van der Waals surface area contributed by atoms with Crippen molar-refractivity contribution in [3.63, 3.8) is 0 Å². The second-order valence-corrected chi connectivity index (χ2v) is 8.53. The van der Waals surface area contributed by atoms with Gasteiger partial charge in [0.2, 0.25) is 0 Å². The van der Waals surface area contributed by atoms with E-state index in [9.17, 15) is 0 Å². The molecule has 2 heterocycles. The number of aliphatic imine (C=N–C) groups is 1. The minimum atomic E-state index is 0. The summed E-state index contributed by atoms with van der Waals surface area (Å²) < 4.78 is 0. The number of halogens is 1. The number of hydrogen-bond donors (Lipinski definition) is 2. The Morgan fingerprint density at radius 1 is 1.22 bits per heavy atom. The van der Waals surface area contributed by atoms with E-state index in [1.54, 1.807) is 4.88 Å². The maximum atomic E-state index is 4.85. The topological polar surface area (TPSA) is 52.6 Å². The molecular weight excluding hydrogens is 469 g/mol. The van der Waals surface area contributed by atoms with Crippen molar-refractivity contribution in [2.24, 2.45) is 4.99 Å². The van der Waals surface area contributed by atoms with E-state index in [1.807, 2.05) is 11.3 Å². The summed E-state index contributed by atoms with van der Waals surface area (Å²) in [5, 5.41) is 8.22. The minimum Gasteiger partial charge on any atom is -0.357 e. The maximum absolute atomic E-state index is 4.85. The van der Waals surface area contributed by atoms with Crippen molar-refractivity contribution in [2.75, 3.05) is 32.7 Å². The fraction of sp³-hybridized carbons (Fsp3) is 0.800. The van der Waals surface area contributed by atoms with E-state index in [4.69, 9.17) is 9.98 Å². The molecule has 0 radical (unpaired) electrons. The molecule has 154 valence electrons. The number of likely N-dealkylation sites (N-methyl/N-ethyl adjacent to an activating group) is 1. The Balaban J connectivity index is 0.00000261. The Bertz CT molecular complexity index is 565. The van der Waals surface area contributed by atoms with Gasteiger partial charge in [-0.3, -0.25) is 9.89 Å². The smallest absolute Gasteiger partial charge is 0.191 e. The quantitative estimate of drug-likeness (QED) is 0.245. The number of aromatic nitrogens is 1. The molecule has 0 saturated carbocycles. The predicted molar refractivity (Wildman–Crippen MR) is 127 cm³/mol. The van der Waals surface area contributed by atoms with E-state index in [0.717, 1.165) is 45.0 Å². The Labute approximate surface area is 185 Å². The minimum absolute atomic E-state index is 0. The first-order chi connectivity index (χ1) is 12.8. The highest BCUT2D eigenvalue weighted by molar-refractivity contribution is 14.0. The standard InChI is InChI=1S/C20H35N5S.HI/c1-3-21-20(23-15-16-9-8-14-25(16)4-2)22-13-7-12-19-24-17-10-5-6-11-18(17)26-19;/h16H,3-15H2,1-2H3,(H2,21,22,23);1H. The highest BCUT2D eigenvalue weighted by Gasteiger charge is 2.22. The highest BCUT2D eigenvalue weighted by Crippen LogP contribution is 2.27. The van der Waals surface area contributed by atoms with Crippen LogP contribution in [-0.4, -0.2) is 54.6 Å². The molecule has 1 aromatic rings. The van der Waals surface area contributed by atoms with Crippen LogP contribution in [0, 0.1) is 0 Å². The number of nitrogens with zero attached hydrogens (tertiary/aromatic N) is 3. The molecule has 1 unspecified atom stereocenters. The third kappa shape index (κ3) is 6.85. The van der Waals surface area contributed by atoms with Gasteiger partial charge < -0.3 is 10.6 Å². The van der Waals surface area contributed by atoms with Crippen molar-refractivity contribution in [3.05, 3.63) is 15.6 Å². The third-order valence-corrected chi connectivity index (χ3v) is 6.68. The summed E-state index contributed by atoms with van der Waals surface area (Å²) in [7, 11) is 0. The van der Waals surface area contributed by atoms with Crippen LogP contribution in [0.1, 0.15) is 61.5 Å². The van der Waals surface area contributed by atoms with Crippen molar-refractivity contribution >= 4 is 41.3 Å². The molecule has 1 fully saturated rings. The molecule has 0 spiro atoms. The predicted octanol–water partition coefficient (Wildman–Crippen LogP) is 3.61. The van der Waals surface area contributed by atoms with Gasteiger partial charge in [0.25, 0.3) is 0 Å². The summed E-state index contributed by atoms with van der Waals surface area (Å²) in [6.45, 7) is 9.53. The number of fused-ring (bicyclic) bond motifs is 1. The van der Waals surface area contributed by atoms with Crippen LogP contribution in [0.3, 0.4) is 0 Å². The number of hydrogen-bond acceptors (Lipinski definition) is 4. The lowest BCUT2D eigenvalue weighted by Gasteiger charge is -2.21. The normalized spacial score (nSPS) is 20.2. The summed E-state index contributed by atoms with van der Waals surface area (Å²) >= 11 is 1.94. The average molecular weight is 506 g/mol. The van der Waals surface area contributed by atoms with Crippen LogP contribution in [0.5, 0.6) is 0 Å². The molecular formula is C20H36IN5S. The maximum Gasteiger partial charge on any atom is 0.191 e. The fourth-order valence-electron chi connectivity index (χ4n) is 4.02. The lowest BCUT2D eigenvalue weighted by molar-refractivity contribution is 0.273. The van der Waals surface area contributed by atoms with Crippen LogP contribution in [0.4, 0.5) is 0 Å². The van der Waals surface area contributed by atoms with E-state index >= 15 is 0 Å². The zero-order valence-corrected chi connectivity index (χ0v) is 20.1. The molecule has 1 aliphatic heterocycles. The molecule has 0 amide bonds. The van der Waals surface area contributed by atoms with Gasteiger partial charge in [0.15, 0.2) is 5.96 Å². The van der Waals surface area contributed by atoms with Gasteiger partial charge in [-0.15, -0.1) is 35.3 Å². The lowest BCUT2D eigenvalue weighted by Crippen LogP contribution is -2.39. The molecule has 1 aromatic heterocycles. The van der Waals surface area contributed by atoms with E-state index in [-0.39, 0.29) is 24.0 Å². The molecule has 1 aliphatic carbocycles. The zero-order valence-electron chi connectivity index (χ0n) is 16.9. The molecule has 5 nitrogen and oxygen atoms in total. The van der Waals surface area contributed by atoms with Crippen LogP contribution in [0.25, 0.3) is 0 Å². The van der Waals surface area contributed by atoms with Crippen molar-refractivity contribution in [1.29, 1.82) is 0 Å². The van der Waals surface area contributed by atoms with Crippen molar-refractivity contribution in [2.45, 2.75) is 71.3 Å². The largest absolute Gasteiger partial charge is 0.357 e. The van der Waals surface area contributed by atoms with Crippen molar-refractivity contribution in [1.82, 2.24) is 20.5 Å². The second kappa shape index (κ2) is 12.2. The molecule has 1 saturated heterocycles. The summed E-state index contributed by atoms with van der Waals surface area (Å²) in [5.74, 6) is 0.967. The molecule has 2 N–H and O–H groups in total. The molecule has 2 aliphatic rings. The molecule has 0 bridgehead atoms. The monoisotopic (exact) mass is 505 g/mol. The Hall–Kier alpha value is -0.410. The zero-order chi connectivity index (χ0) is 18.2. The van der Waals surface area contributed by atoms with Gasteiger partial charge in [-0.1, -0.05) is 6.92 Å². The molecule has 7 heteroatoms. The van der Waals surface area contributed by atoms with Crippen LogP contribution < -0.4 is 10.6 Å². The van der Waals surface area contributed by atoms with Crippen molar-refractivity contribution < 1.29 is 0 Å². The SMILES string of the molecule is CCNC(=NCC1CCCN1CC)NCCCc1nc2c(s1)CCCC2.I. The summed E-state index contributed by atoms with van der Waals surface area (Å²) in [6, 6.07) is 0.622. The Morgan fingerprint density at radius 2 is 2.07 bits per heavy atom. The van der Waals surface area contributed by atoms with E-state index in [2.05, 4.69) is 29.4 Å². The lowest BCUT2D eigenvalue weighted by atomic mass is 10.0. The van der Waals surface area contributed by atoms with E-state index in [0.29, 0.717) is 6.04 Å². The third-order valence-electron chi connectivity index (χ3n) is 5.46. The summed E-state index contributed by atoms with van der Waals surface area (Å²) in [5.41, 5.74) is 1.39. The van der Waals surface area contributed by atoms with Gasteiger partial charge in [0, 0.05) is 30.4 Å². The number of aryl methyl sites for hydroxylation is 3. The Kier molecular flexibility index (Phi) is 10.3. The first-order valence-electron chi connectivity index (χ1n) is 10.5. The van der Waals surface area contributed by atoms with Gasteiger partial charge in [0.05, 0.1) is 17.2 Å². The average Bonchev–Trinajstić information content (AvgIpc) is 3.28. The second-order valence-electron chi connectivity index (χ2n) is 7.36. The summed E-state index contributed by atoms with van der Waals surface area (Å²) in [6.07, 6.45) is 9.89. The van der Waals surface area contributed by atoms with Gasteiger partial charge in [-0.2, -0.15) is 0 Å². The first-order valence-corrected chi connectivity index (χ1v) is 11.4. The van der Waals surface area contributed by atoms with Crippen LogP contribution >= 0.6 is 35.3 Å². The van der Waals surface area contributed by atoms with Gasteiger partial charge in [0.1, 0.15) is 0 Å². The van der Waals surface area contributed by atoms with Crippen LogP contribution in [0.15, 0.2) is 4.99 Å². The molecule has 3 rings (SSSR count). The van der Waals surface area contributed by atoms with Gasteiger partial charge in [-0.05, 0) is 65.0 Å². The van der Waals surface area contributed by atoms with E-state index in [1.165, 1.54) is 55.8 Å². The Morgan fingerprint density at radius 3 is 2.85 bits per heavy atom. The van der Waals surface area contributed by atoms with Crippen LogP contribution in [-0.2, 0) is 19.3 Å². The molecule has 0 aromatic carbocycles. The van der Waals surface area contributed by atoms with E-state index < -0.39 is 0 Å². The fourth-order valence-corrected chi connectivity index (χ4v) is 5.21. The van der Waals surface area contributed by atoms with Crippen LogP contribution in [0.2, 0.25) is 0 Å². The van der Waals surface area contributed by atoms with Gasteiger partial charge >= 0.3 is 0 Å². The molecule has 1 atom stereocenters. The number of thiazole rings is 1. The number of guanidine groups is 1. The van der Waals surface area contributed by atoms with Gasteiger partial charge in [-0.25, -0.2) is 4.98 Å². The van der Waals surface area contributed by atoms with Crippen molar-refractivity contribution in [3.8, 4) is 0 Å². The number of likely N-dealkylation sites (tertiary alicyclic amines) is 1. The first kappa shape index (κ1) is 22.9.